The van der Waals surface area contributed by atoms with E-state index in [9.17, 15) is 9.59 Å². The van der Waals surface area contributed by atoms with Crippen LogP contribution in [0.3, 0.4) is 0 Å². The second-order valence-electron chi connectivity index (χ2n) is 3.73. The number of H-pyrrole nitrogens is 1. The van der Waals surface area contributed by atoms with Crippen molar-refractivity contribution in [2.45, 2.75) is 6.92 Å². The molecule has 20 heavy (non-hydrogen) atoms. The minimum Gasteiger partial charge on any atom is -0.290 e. The smallest absolute Gasteiger partial charge is 0.290 e. The molecule has 1 aromatic carbocycles. The van der Waals surface area contributed by atoms with Crippen molar-refractivity contribution in [3.8, 4) is 11.4 Å². The van der Waals surface area contributed by atoms with Gasteiger partial charge in [-0.1, -0.05) is 17.7 Å². The number of hydrogen-bond acceptors (Lipinski definition) is 5. The lowest BCUT2D eigenvalue weighted by molar-refractivity contribution is -0.118. The molecule has 0 atom stereocenters. The standard InChI is InChI=1S/C11H9BrClN5O2/c1-5(19)17-18-10-14-9(15-11(20)16-10)8-6(12)3-2-4-7(8)13/h2-4H,1H3,(H,17,19)(H2,14,15,16,18,20). The monoisotopic (exact) mass is 357 g/mol. The third-order valence-corrected chi connectivity index (χ3v) is 3.18. The molecule has 104 valence electrons. The van der Waals surface area contributed by atoms with Crippen LogP contribution in [0.4, 0.5) is 5.95 Å². The molecule has 0 spiro atoms. The molecule has 0 bridgehead atoms. The number of aromatic nitrogens is 3. The molecular weight excluding hydrogens is 350 g/mol. The fourth-order valence-electron chi connectivity index (χ4n) is 1.43. The highest BCUT2D eigenvalue weighted by Gasteiger charge is 2.12. The summed E-state index contributed by atoms with van der Waals surface area (Å²) in [5.41, 5.74) is 4.63. The summed E-state index contributed by atoms with van der Waals surface area (Å²) in [6.45, 7) is 1.31. The van der Waals surface area contributed by atoms with Crippen LogP contribution in [0.25, 0.3) is 11.4 Å². The Labute approximate surface area is 126 Å². The van der Waals surface area contributed by atoms with Gasteiger partial charge in [0.05, 0.1) is 10.6 Å². The summed E-state index contributed by atoms with van der Waals surface area (Å²) in [5.74, 6) is -0.143. The van der Waals surface area contributed by atoms with Gasteiger partial charge < -0.3 is 0 Å². The molecule has 2 rings (SSSR count). The minimum atomic E-state index is -0.616. The molecule has 0 unspecified atom stereocenters. The average Bonchev–Trinajstić information content (AvgIpc) is 2.35. The normalized spacial score (nSPS) is 10.2. The molecule has 0 saturated carbocycles. The van der Waals surface area contributed by atoms with Crippen LogP contribution in [0.1, 0.15) is 6.92 Å². The minimum absolute atomic E-state index is 0.0363. The molecule has 9 heteroatoms. The van der Waals surface area contributed by atoms with Gasteiger partial charge in [0.2, 0.25) is 11.9 Å². The second-order valence-corrected chi connectivity index (χ2v) is 4.99. The number of nitrogens with zero attached hydrogens (tertiary/aromatic N) is 2. The molecule has 0 aliphatic rings. The quantitative estimate of drug-likeness (QED) is 0.725. The van der Waals surface area contributed by atoms with Gasteiger partial charge in [0.15, 0.2) is 0 Å². The number of hydrogen-bond donors (Lipinski definition) is 3. The molecule has 0 radical (unpaired) electrons. The summed E-state index contributed by atoms with van der Waals surface area (Å²) in [5, 5.41) is 0.416. The molecule has 7 nitrogen and oxygen atoms in total. The summed E-state index contributed by atoms with van der Waals surface area (Å²) < 4.78 is 0.671. The third-order valence-electron chi connectivity index (χ3n) is 2.20. The summed E-state index contributed by atoms with van der Waals surface area (Å²) in [4.78, 5) is 32.5. The van der Waals surface area contributed by atoms with Crippen molar-refractivity contribution in [1.29, 1.82) is 0 Å². The Hall–Kier alpha value is -1.93. The van der Waals surface area contributed by atoms with E-state index in [0.29, 0.717) is 15.1 Å². The first kappa shape index (κ1) is 14.5. The first-order valence-corrected chi connectivity index (χ1v) is 6.60. The summed E-state index contributed by atoms with van der Waals surface area (Å²) >= 11 is 9.43. The van der Waals surface area contributed by atoms with Gasteiger partial charge in [0, 0.05) is 11.4 Å². The number of nitrogens with one attached hydrogen (secondary N) is 3. The summed E-state index contributed by atoms with van der Waals surface area (Å²) in [6, 6.07) is 5.19. The van der Waals surface area contributed by atoms with E-state index < -0.39 is 5.69 Å². The molecule has 1 amide bonds. The van der Waals surface area contributed by atoms with Crippen LogP contribution < -0.4 is 16.5 Å². The van der Waals surface area contributed by atoms with Gasteiger partial charge in [-0.05, 0) is 28.1 Å². The largest absolute Gasteiger partial charge is 0.349 e. The van der Waals surface area contributed by atoms with Crippen molar-refractivity contribution in [3.63, 3.8) is 0 Å². The molecule has 0 aliphatic carbocycles. The molecule has 2 aromatic rings. The van der Waals surface area contributed by atoms with E-state index in [-0.39, 0.29) is 17.7 Å². The lowest BCUT2D eigenvalue weighted by atomic mass is 10.2. The van der Waals surface area contributed by atoms with Crippen LogP contribution in [-0.4, -0.2) is 20.9 Å². The number of carbonyl (C=O) groups excluding carboxylic acids is 1. The van der Waals surface area contributed by atoms with Gasteiger partial charge in [0.25, 0.3) is 0 Å². The van der Waals surface area contributed by atoms with Gasteiger partial charge in [-0.15, -0.1) is 0 Å². The van der Waals surface area contributed by atoms with Gasteiger partial charge in [-0.25, -0.2) is 4.79 Å². The highest BCUT2D eigenvalue weighted by molar-refractivity contribution is 9.10. The molecule has 0 fully saturated rings. The molecular formula is C11H9BrClN5O2. The molecule has 0 aliphatic heterocycles. The first-order valence-electron chi connectivity index (χ1n) is 5.42. The number of hydrazine groups is 1. The Bertz CT molecular complexity index is 698. The SMILES string of the molecule is CC(=O)NNc1nc(-c2c(Cl)cccc2Br)[nH]c(=O)n1. The Kier molecular flexibility index (Phi) is 4.35. The van der Waals surface area contributed by atoms with Crippen molar-refractivity contribution in [3.05, 3.63) is 38.2 Å². The van der Waals surface area contributed by atoms with Crippen molar-refractivity contribution < 1.29 is 4.79 Å². The molecule has 1 heterocycles. The summed E-state index contributed by atoms with van der Waals surface area (Å²) in [7, 11) is 0. The zero-order valence-electron chi connectivity index (χ0n) is 10.2. The zero-order chi connectivity index (χ0) is 14.7. The van der Waals surface area contributed by atoms with E-state index in [0.717, 1.165) is 0 Å². The number of carbonyl (C=O) groups is 1. The van der Waals surface area contributed by atoms with Gasteiger partial charge >= 0.3 is 5.69 Å². The Morgan fingerprint density at radius 2 is 2.15 bits per heavy atom. The maximum Gasteiger partial charge on any atom is 0.349 e. The Balaban J connectivity index is 2.47. The van der Waals surface area contributed by atoms with E-state index in [4.69, 9.17) is 11.6 Å². The predicted octanol–water partition coefficient (Wildman–Crippen LogP) is 1.71. The number of aromatic amines is 1. The lowest BCUT2D eigenvalue weighted by Gasteiger charge is -2.08. The van der Waals surface area contributed by atoms with Crippen molar-refractivity contribution in [2.75, 3.05) is 5.43 Å². The Morgan fingerprint density at radius 1 is 1.40 bits per heavy atom. The van der Waals surface area contributed by atoms with Crippen LogP contribution >= 0.6 is 27.5 Å². The Morgan fingerprint density at radius 3 is 2.80 bits per heavy atom. The van der Waals surface area contributed by atoms with Crippen LogP contribution in [0.15, 0.2) is 27.5 Å². The van der Waals surface area contributed by atoms with Crippen LogP contribution in [0, 0.1) is 0 Å². The third kappa shape index (κ3) is 3.34. The summed E-state index contributed by atoms with van der Waals surface area (Å²) in [6.07, 6.45) is 0. The highest BCUT2D eigenvalue weighted by Crippen LogP contribution is 2.32. The number of halogens is 2. The van der Waals surface area contributed by atoms with Crippen LogP contribution in [-0.2, 0) is 4.79 Å². The average molecular weight is 359 g/mol. The number of amides is 1. The molecule has 3 N–H and O–H groups in total. The van der Waals surface area contributed by atoms with Crippen molar-refractivity contribution in [1.82, 2.24) is 20.4 Å². The van der Waals surface area contributed by atoms with E-state index in [1.807, 2.05) is 0 Å². The van der Waals surface area contributed by atoms with E-state index in [1.54, 1.807) is 18.2 Å². The van der Waals surface area contributed by atoms with Crippen LogP contribution in [0.5, 0.6) is 0 Å². The topological polar surface area (TPSA) is 99.8 Å². The number of rotatable bonds is 3. The zero-order valence-corrected chi connectivity index (χ0v) is 12.5. The van der Waals surface area contributed by atoms with Gasteiger partial charge in [0.1, 0.15) is 5.82 Å². The number of benzene rings is 1. The fraction of sp³-hybridized carbons (Fsp3) is 0.0909. The van der Waals surface area contributed by atoms with Crippen LogP contribution in [0.2, 0.25) is 5.02 Å². The fourth-order valence-corrected chi connectivity index (χ4v) is 2.36. The van der Waals surface area contributed by atoms with Gasteiger partial charge in [-0.3, -0.25) is 20.6 Å². The highest BCUT2D eigenvalue weighted by atomic mass is 79.9. The number of anilines is 1. The second kappa shape index (κ2) is 6.02. The maximum absolute atomic E-state index is 11.5. The van der Waals surface area contributed by atoms with Gasteiger partial charge in [-0.2, -0.15) is 9.97 Å². The van der Waals surface area contributed by atoms with E-state index in [2.05, 4.69) is 41.7 Å². The maximum atomic E-state index is 11.5. The molecule has 1 aromatic heterocycles. The predicted molar refractivity (Wildman–Crippen MR) is 78.2 cm³/mol. The molecule has 0 saturated heterocycles. The first-order chi connectivity index (χ1) is 9.47. The lowest BCUT2D eigenvalue weighted by Crippen LogP contribution is -2.29. The van der Waals surface area contributed by atoms with E-state index in [1.165, 1.54) is 6.92 Å². The van der Waals surface area contributed by atoms with E-state index >= 15 is 0 Å². The van der Waals surface area contributed by atoms with Crippen molar-refractivity contribution in [2.24, 2.45) is 0 Å². The van der Waals surface area contributed by atoms with Crippen molar-refractivity contribution >= 4 is 39.4 Å².